The molecule has 0 radical (unpaired) electrons. The number of carbonyl (C=O) groups excluding carboxylic acids is 1. The largest absolute Gasteiger partial charge is 0.468 e. The second-order valence-corrected chi connectivity index (χ2v) is 5.16. The second-order valence-electron chi connectivity index (χ2n) is 5.16. The molecule has 0 aliphatic heterocycles. The van der Waals surface area contributed by atoms with E-state index >= 15 is 0 Å². The predicted octanol–water partition coefficient (Wildman–Crippen LogP) is 1.46. The van der Waals surface area contributed by atoms with Crippen molar-refractivity contribution < 1.29 is 14.6 Å². The first-order valence-corrected chi connectivity index (χ1v) is 6.50. The molecule has 0 saturated heterocycles. The van der Waals surface area contributed by atoms with Crippen LogP contribution in [0.1, 0.15) is 25.8 Å². The highest BCUT2D eigenvalue weighted by atomic mass is 16.5. The van der Waals surface area contributed by atoms with E-state index in [0.717, 1.165) is 5.56 Å². The average Bonchev–Trinajstić information content (AvgIpc) is 2.44. The maximum absolute atomic E-state index is 12.2. The van der Waals surface area contributed by atoms with Crippen LogP contribution in [-0.2, 0) is 14.9 Å². The van der Waals surface area contributed by atoms with Crippen molar-refractivity contribution >= 4 is 5.97 Å². The summed E-state index contributed by atoms with van der Waals surface area (Å²) in [5.41, 5.74) is 5.65. The van der Waals surface area contributed by atoms with Crippen LogP contribution >= 0.6 is 0 Å². The van der Waals surface area contributed by atoms with E-state index in [-0.39, 0.29) is 18.9 Å². The van der Waals surface area contributed by atoms with E-state index in [4.69, 9.17) is 10.5 Å². The molecule has 0 amide bonds. The van der Waals surface area contributed by atoms with Gasteiger partial charge in [0.1, 0.15) is 5.41 Å². The molecule has 3 N–H and O–H groups in total. The minimum absolute atomic E-state index is 0.0549. The summed E-state index contributed by atoms with van der Waals surface area (Å²) in [6.07, 6.45) is -0.347. The lowest BCUT2D eigenvalue weighted by Crippen LogP contribution is -2.47. The quantitative estimate of drug-likeness (QED) is 0.764. The Labute approximate surface area is 114 Å². The van der Waals surface area contributed by atoms with Crippen molar-refractivity contribution in [2.24, 2.45) is 11.7 Å². The molecule has 2 atom stereocenters. The molecule has 1 aromatic carbocycles. The molecule has 0 aromatic heterocycles. The highest BCUT2D eigenvalue weighted by molar-refractivity contribution is 5.83. The van der Waals surface area contributed by atoms with Crippen LogP contribution in [0.15, 0.2) is 30.3 Å². The van der Waals surface area contributed by atoms with Crippen molar-refractivity contribution in [2.45, 2.75) is 31.8 Å². The first-order chi connectivity index (χ1) is 8.97. The molecule has 0 spiro atoms. The topological polar surface area (TPSA) is 72.5 Å². The van der Waals surface area contributed by atoms with Crippen LogP contribution < -0.4 is 5.73 Å². The van der Waals surface area contributed by atoms with Crippen molar-refractivity contribution in [1.29, 1.82) is 0 Å². The Bertz CT molecular complexity index is 405. The van der Waals surface area contributed by atoms with Gasteiger partial charge in [0.25, 0.3) is 0 Å². The number of carbonyl (C=O) groups is 1. The van der Waals surface area contributed by atoms with Crippen LogP contribution in [0.4, 0.5) is 0 Å². The van der Waals surface area contributed by atoms with Gasteiger partial charge >= 0.3 is 5.97 Å². The number of aliphatic hydroxyl groups excluding tert-OH is 1. The van der Waals surface area contributed by atoms with Gasteiger partial charge in [0.05, 0.1) is 13.2 Å². The van der Waals surface area contributed by atoms with Gasteiger partial charge < -0.3 is 15.6 Å². The summed E-state index contributed by atoms with van der Waals surface area (Å²) in [5, 5.41) is 10.1. The molecule has 1 rings (SSSR count). The van der Waals surface area contributed by atoms with E-state index in [1.807, 2.05) is 44.2 Å². The summed E-state index contributed by atoms with van der Waals surface area (Å²) >= 11 is 0. The molecule has 0 heterocycles. The van der Waals surface area contributed by atoms with Crippen LogP contribution in [0, 0.1) is 5.92 Å². The van der Waals surface area contributed by atoms with Crippen molar-refractivity contribution in [3.8, 4) is 0 Å². The summed E-state index contributed by atoms with van der Waals surface area (Å²) in [6, 6.07) is 9.27. The summed E-state index contributed by atoms with van der Waals surface area (Å²) < 4.78 is 4.91. The fourth-order valence-electron chi connectivity index (χ4n) is 2.15. The third kappa shape index (κ3) is 3.33. The Balaban J connectivity index is 3.20. The number of hydrogen-bond donors (Lipinski definition) is 2. The monoisotopic (exact) mass is 265 g/mol. The summed E-state index contributed by atoms with van der Waals surface area (Å²) in [4.78, 5) is 12.2. The fraction of sp³-hybridized carbons (Fsp3) is 0.533. The first kappa shape index (κ1) is 15.7. The van der Waals surface area contributed by atoms with E-state index in [9.17, 15) is 9.90 Å². The normalized spacial score (nSPS) is 15.9. The number of nitrogens with two attached hydrogens (primary N) is 1. The third-order valence-corrected chi connectivity index (χ3v) is 3.58. The van der Waals surface area contributed by atoms with Gasteiger partial charge in [-0.2, -0.15) is 0 Å². The van der Waals surface area contributed by atoms with E-state index in [0.29, 0.717) is 0 Å². The van der Waals surface area contributed by atoms with Gasteiger partial charge in [0.15, 0.2) is 0 Å². The number of methoxy groups -OCH3 is 1. The Morgan fingerprint density at radius 2 is 1.95 bits per heavy atom. The number of rotatable bonds is 6. The van der Waals surface area contributed by atoms with Crippen LogP contribution in [0.3, 0.4) is 0 Å². The maximum atomic E-state index is 12.2. The number of benzene rings is 1. The lowest BCUT2D eigenvalue weighted by molar-refractivity contribution is -0.149. The molecule has 0 aliphatic carbocycles. The Kier molecular flexibility index (Phi) is 5.51. The van der Waals surface area contributed by atoms with Gasteiger partial charge in [-0.15, -0.1) is 0 Å². The summed E-state index contributed by atoms with van der Waals surface area (Å²) in [5.74, 6) is -0.347. The highest BCUT2D eigenvalue weighted by Gasteiger charge is 2.42. The lowest BCUT2D eigenvalue weighted by atomic mass is 9.74. The van der Waals surface area contributed by atoms with Gasteiger partial charge in [-0.3, -0.25) is 4.79 Å². The second kappa shape index (κ2) is 6.68. The van der Waals surface area contributed by atoms with Crippen LogP contribution in [-0.4, -0.2) is 30.8 Å². The fourth-order valence-corrected chi connectivity index (χ4v) is 2.15. The minimum Gasteiger partial charge on any atom is -0.468 e. The Morgan fingerprint density at radius 1 is 1.37 bits per heavy atom. The van der Waals surface area contributed by atoms with E-state index in [2.05, 4.69) is 0 Å². The maximum Gasteiger partial charge on any atom is 0.317 e. The van der Waals surface area contributed by atoms with Crippen molar-refractivity contribution in [3.63, 3.8) is 0 Å². The summed E-state index contributed by atoms with van der Waals surface area (Å²) in [7, 11) is 1.34. The average molecular weight is 265 g/mol. The van der Waals surface area contributed by atoms with Gasteiger partial charge in [-0.05, 0) is 17.9 Å². The number of hydrogen-bond acceptors (Lipinski definition) is 4. The van der Waals surface area contributed by atoms with Crippen LogP contribution in [0.25, 0.3) is 0 Å². The van der Waals surface area contributed by atoms with E-state index in [1.165, 1.54) is 7.11 Å². The van der Waals surface area contributed by atoms with Gasteiger partial charge in [-0.25, -0.2) is 0 Å². The lowest BCUT2D eigenvalue weighted by Gasteiger charge is -2.33. The Hall–Kier alpha value is -1.39. The van der Waals surface area contributed by atoms with Gasteiger partial charge in [0.2, 0.25) is 0 Å². The molecule has 19 heavy (non-hydrogen) atoms. The standard InChI is InChI=1S/C15H23NO3/c1-11(2)13(17)9-15(10-16,14(18)19-3)12-7-5-4-6-8-12/h4-8,11,13,17H,9-10,16H2,1-3H3. The molecule has 0 aliphatic rings. The molecular formula is C15H23NO3. The first-order valence-electron chi connectivity index (χ1n) is 6.50. The molecule has 0 saturated carbocycles. The highest BCUT2D eigenvalue weighted by Crippen LogP contribution is 2.31. The third-order valence-electron chi connectivity index (χ3n) is 3.58. The predicted molar refractivity (Wildman–Crippen MR) is 74.7 cm³/mol. The Morgan fingerprint density at radius 3 is 2.37 bits per heavy atom. The van der Waals surface area contributed by atoms with Crippen LogP contribution in [0.2, 0.25) is 0 Å². The summed E-state index contributed by atoms with van der Waals surface area (Å²) in [6.45, 7) is 3.93. The molecule has 0 fully saturated rings. The zero-order valence-electron chi connectivity index (χ0n) is 11.8. The smallest absolute Gasteiger partial charge is 0.317 e. The zero-order chi connectivity index (χ0) is 14.5. The van der Waals surface area contributed by atoms with E-state index in [1.54, 1.807) is 0 Å². The molecule has 2 unspecified atom stereocenters. The minimum atomic E-state index is -0.986. The van der Waals surface area contributed by atoms with Crippen molar-refractivity contribution in [1.82, 2.24) is 0 Å². The molecule has 0 bridgehead atoms. The SMILES string of the molecule is COC(=O)C(CN)(CC(O)C(C)C)c1ccccc1. The van der Waals surface area contributed by atoms with Crippen molar-refractivity contribution in [2.75, 3.05) is 13.7 Å². The molecule has 1 aromatic rings. The molecule has 4 nitrogen and oxygen atoms in total. The zero-order valence-corrected chi connectivity index (χ0v) is 11.8. The van der Waals surface area contributed by atoms with Gasteiger partial charge in [0, 0.05) is 6.54 Å². The number of ether oxygens (including phenoxy) is 1. The van der Waals surface area contributed by atoms with Crippen molar-refractivity contribution in [3.05, 3.63) is 35.9 Å². The molecule has 106 valence electrons. The van der Waals surface area contributed by atoms with E-state index < -0.39 is 17.5 Å². The number of esters is 1. The van der Waals surface area contributed by atoms with Crippen LogP contribution in [0.5, 0.6) is 0 Å². The van der Waals surface area contributed by atoms with Gasteiger partial charge in [-0.1, -0.05) is 44.2 Å². The number of aliphatic hydroxyl groups is 1. The molecular weight excluding hydrogens is 242 g/mol. The molecule has 4 heteroatoms.